The first-order chi connectivity index (χ1) is 9.01. The third-order valence-electron chi connectivity index (χ3n) is 2.43. The van der Waals surface area contributed by atoms with E-state index in [1.165, 1.54) is 0 Å². The van der Waals surface area contributed by atoms with Crippen LogP contribution >= 0.6 is 15.9 Å². The van der Waals surface area contributed by atoms with Gasteiger partial charge in [-0.05, 0) is 37.6 Å². The van der Waals surface area contributed by atoms with E-state index in [1.807, 2.05) is 26.0 Å². The summed E-state index contributed by atoms with van der Waals surface area (Å²) >= 11 is 3.30. The maximum absolute atomic E-state index is 11.5. The van der Waals surface area contributed by atoms with Crippen molar-refractivity contribution >= 4 is 27.9 Å². The molecule has 2 N–H and O–H groups in total. The maximum Gasteiger partial charge on any atom is 0.321 e. The third kappa shape index (κ3) is 6.24. The van der Waals surface area contributed by atoms with Gasteiger partial charge in [0.05, 0.1) is 0 Å². The molecule has 19 heavy (non-hydrogen) atoms. The van der Waals surface area contributed by atoms with Gasteiger partial charge in [-0.15, -0.1) is 0 Å². The Morgan fingerprint density at radius 3 is 2.53 bits per heavy atom. The Morgan fingerprint density at radius 1 is 1.32 bits per heavy atom. The Bertz CT molecular complexity index is 434. The Kier molecular flexibility index (Phi) is 6.35. The zero-order valence-electron chi connectivity index (χ0n) is 10.9. The smallest absolute Gasteiger partial charge is 0.321 e. The van der Waals surface area contributed by atoms with Gasteiger partial charge in [0.1, 0.15) is 5.75 Å². The standard InChI is InChI=1S/C13H17BrN2O3/c1-3-9(2)15-13(18)16-12(17)8-19-11-6-4-10(14)5-7-11/h4-7,9H,3,8H2,1-2H3,(H2,15,16,17,18)/t9-/m0/s1. The third-order valence-corrected chi connectivity index (χ3v) is 2.96. The van der Waals surface area contributed by atoms with E-state index in [0.717, 1.165) is 10.9 Å². The SMILES string of the molecule is CC[C@H](C)NC(=O)NC(=O)COc1ccc(Br)cc1. The van der Waals surface area contributed by atoms with Crippen molar-refractivity contribution in [1.82, 2.24) is 10.6 Å². The van der Waals surface area contributed by atoms with Gasteiger partial charge >= 0.3 is 6.03 Å². The molecule has 0 aliphatic rings. The first-order valence-electron chi connectivity index (χ1n) is 6.00. The fourth-order valence-electron chi connectivity index (χ4n) is 1.20. The van der Waals surface area contributed by atoms with E-state index in [-0.39, 0.29) is 12.6 Å². The second kappa shape index (κ2) is 7.78. The number of halogens is 1. The van der Waals surface area contributed by atoms with Crippen molar-refractivity contribution in [3.05, 3.63) is 28.7 Å². The fraction of sp³-hybridized carbons (Fsp3) is 0.385. The minimum Gasteiger partial charge on any atom is -0.484 e. The van der Waals surface area contributed by atoms with Crippen LogP contribution in [0.1, 0.15) is 20.3 Å². The molecule has 1 atom stereocenters. The zero-order chi connectivity index (χ0) is 14.3. The maximum atomic E-state index is 11.5. The van der Waals surface area contributed by atoms with Crippen LogP contribution in [0.15, 0.2) is 28.7 Å². The average molecular weight is 329 g/mol. The van der Waals surface area contributed by atoms with Gasteiger partial charge in [0.2, 0.25) is 0 Å². The van der Waals surface area contributed by atoms with E-state index in [4.69, 9.17) is 4.74 Å². The summed E-state index contributed by atoms with van der Waals surface area (Å²) in [5, 5.41) is 4.84. The Labute approximate surface area is 120 Å². The van der Waals surface area contributed by atoms with Crippen LogP contribution in [0.3, 0.4) is 0 Å². The van der Waals surface area contributed by atoms with E-state index in [1.54, 1.807) is 12.1 Å². The van der Waals surface area contributed by atoms with Gasteiger partial charge in [-0.25, -0.2) is 4.79 Å². The molecular weight excluding hydrogens is 312 g/mol. The summed E-state index contributed by atoms with van der Waals surface area (Å²) in [4.78, 5) is 22.8. The Hall–Kier alpha value is -1.56. The largest absolute Gasteiger partial charge is 0.484 e. The van der Waals surface area contributed by atoms with Gasteiger partial charge in [0.25, 0.3) is 5.91 Å². The second-order valence-electron chi connectivity index (χ2n) is 4.07. The molecule has 1 aromatic rings. The van der Waals surface area contributed by atoms with Crippen LogP contribution in [0.5, 0.6) is 5.75 Å². The van der Waals surface area contributed by atoms with E-state index >= 15 is 0 Å². The predicted octanol–water partition coefficient (Wildman–Crippen LogP) is 2.45. The fourth-order valence-corrected chi connectivity index (χ4v) is 1.47. The van der Waals surface area contributed by atoms with Gasteiger partial charge < -0.3 is 10.1 Å². The summed E-state index contributed by atoms with van der Waals surface area (Å²) < 4.78 is 6.17. The molecule has 0 fully saturated rings. The van der Waals surface area contributed by atoms with Crippen LogP contribution < -0.4 is 15.4 Å². The predicted molar refractivity (Wildman–Crippen MR) is 76.1 cm³/mol. The molecule has 0 saturated carbocycles. The van der Waals surface area contributed by atoms with Crippen molar-refractivity contribution in [1.29, 1.82) is 0 Å². The molecule has 1 rings (SSSR count). The number of urea groups is 1. The highest BCUT2D eigenvalue weighted by molar-refractivity contribution is 9.10. The summed E-state index contributed by atoms with van der Waals surface area (Å²) in [5.41, 5.74) is 0. The molecule has 104 valence electrons. The number of rotatable bonds is 5. The molecule has 1 aromatic carbocycles. The van der Waals surface area contributed by atoms with Gasteiger partial charge in [-0.2, -0.15) is 0 Å². The first-order valence-corrected chi connectivity index (χ1v) is 6.79. The molecular formula is C13H17BrN2O3. The molecule has 0 aromatic heterocycles. The number of imide groups is 1. The van der Waals surface area contributed by atoms with E-state index in [0.29, 0.717) is 5.75 Å². The molecule has 3 amide bonds. The molecule has 0 radical (unpaired) electrons. The van der Waals surface area contributed by atoms with Crippen molar-refractivity contribution in [2.75, 3.05) is 6.61 Å². The molecule has 6 heteroatoms. The average Bonchev–Trinajstić information content (AvgIpc) is 2.37. The number of hydrogen-bond acceptors (Lipinski definition) is 3. The number of carbonyl (C=O) groups excluding carboxylic acids is 2. The molecule has 0 spiro atoms. The molecule has 0 bridgehead atoms. The Balaban J connectivity index is 2.31. The minimum atomic E-state index is -0.501. The van der Waals surface area contributed by atoms with Crippen LogP contribution in [0, 0.1) is 0 Å². The normalized spacial score (nSPS) is 11.5. The van der Waals surface area contributed by atoms with Crippen LogP contribution in [0.25, 0.3) is 0 Å². The van der Waals surface area contributed by atoms with Crippen molar-refractivity contribution < 1.29 is 14.3 Å². The number of ether oxygens (including phenoxy) is 1. The lowest BCUT2D eigenvalue weighted by Gasteiger charge is -2.12. The molecule has 0 heterocycles. The minimum absolute atomic E-state index is 0.0280. The first kappa shape index (κ1) is 15.5. The quantitative estimate of drug-likeness (QED) is 0.872. The zero-order valence-corrected chi connectivity index (χ0v) is 12.5. The number of hydrogen-bond donors (Lipinski definition) is 2. The van der Waals surface area contributed by atoms with Crippen LogP contribution in [0.4, 0.5) is 4.79 Å². The Morgan fingerprint density at radius 2 is 1.95 bits per heavy atom. The highest BCUT2D eigenvalue weighted by Gasteiger charge is 2.10. The van der Waals surface area contributed by atoms with Crippen LogP contribution in [-0.2, 0) is 4.79 Å². The highest BCUT2D eigenvalue weighted by atomic mass is 79.9. The second-order valence-corrected chi connectivity index (χ2v) is 4.99. The lowest BCUT2D eigenvalue weighted by molar-refractivity contribution is -0.122. The van der Waals surface area contributed by atoms with E-state index in [2.05, 4.69) is 26.6 Å². The van der Waals surface area contributed by atoms with Crippen molar-refractivity contribution in [2.45, 2.75) is 26.3 Å². The lowest BCUT2D eigenvalue weighted by Crippen LogP contribution is -2.44. The molecule has 0 aliphatic carbocycles. The summed E-state index contributed by atoms with van der Waals surface area (Å²) in [5.74, 6) is 0.0874. The van der Waals surface area contributed by atoms with E-state index < -0.39 is 11.9 Å². The molecule has 0 unspecified atom stereocenters. The number of benzene rings is 1. The topological polar surface area (TPSA) is 67.4 Å². The summed E-state index contributed by atoms with van der Waals surface area (Å²) in [6, 6.07) is 6.61. The molecule has 5 nitrogen and oxygen atoms in total. The van der Waals surface area contributed by atoms with Crippen molar-refractivity contribution in [3.8, 4) is 5.75 Å². The van der Waals surface area contributed by atoms with Gasteiger partial charge in [0.15, 0.2) is 6.61 Å². The van der Waals surface area contributed by atoms with Gasteiger partial charge in [-0.1, -0.05) is 22.9 Å². The van der Waals surface area contributed by atoms with Crippen LogP contribution in [-0.4, -0.2) is 24.6 Å². The van der Waals surface area contributed by atoms with Gasteiger partial charge in [0, 0.05) is 10.5 Å². The van der Waals surface area contributed by atoms with Crippen molar-refractivity contribution in [3.63, 3.8) is 0 Å². The van der Waals surface area contributed by atoms with E-state index in [9.17, 15) is 9.59 Å². The van der Waals surface area contributed by atoms with Crippen molar-refractivity contribution in [2.24, 2.45) is 0 Å². The number of amides is 3. The summed E-state index contributed by atoms with van der Waals surface area (Å²) in [6.07, 6.45) is 0.803. The monoisotopic (exact) mass is 328 g/mol. The molecule has 0 aliphatic heterocycles. The lowest BCUT2D eigenvalue weighted by atomic mass is 10.3. The number of carbonyl (C=O) groups is 2. The summed E-state index contributed by atoms with van der Waals surface area (Å²) in [7, 11) is 0. The van der Waals surface area contributed by atoms with Crippen LogP contribution in [0.2, 0.25) is 0 Å². The summed E-state index contributed by atoms with van der Waals surface area (Å²) in [6.45, 7) is 3.61. The highest BCUT2D eigenvalue weighted by Crippen LogP contribution is 2.15. The molecule has 0 saturated heterocycles. The van der Waals surface area contributed by atoms with Gasteiger partial charge in [-0.3, -0.25) is 10.1 Å². The number of nitrogens with one attached hydrogen (secondary N) is 2.